The molecule has 0 radical (unpaired) electrons. The van der Waals surface area contributed by atoms with Crippen LogP contribution in [0, 0.1) is 5.92 Å². The lowest BCUT2D eigenvalue weighted by atomic mass is 10.2. The molecular formula is C23H31N5O2S2. The summed E-state index contributed by atoms with van der Waals surface area (Å²) in [5.41, 5.74) is 1.80. The van der Waals surface area contributed by atoms with Crippen molar-refractivity contribution in [1.29, 1.82) is 0 Å². The number of rotatable bonds is 11. The van der Waals surface area contributed by atoms with E-state index >= 15 is 0 Å². The summed E-state index contributed by atoms with van der Waals surface area (Å²) in [5.74, 6) is 1.92. The van der Waals surface area contributed by atoms with Crippen molar-refractivity contribution < 1.29 is 8.42 Å². The van der Waals surface area contributed by atoms with Crippen LogP contribution in [0.1, 0.15) is 33.4 Å². The highest BCUT2D eigenvalue weighted by Crippen LogP contribution is 2.28. The summed E-state index contributed by atoms with van der Waals surface area (Å²) < 4.78 is 29.5. The predicted molar refractivity (Wildman–Crippen MR) is 129 cm³/mol. The number of thioether (sulfide) groups is 1. The molecule has 0 spiro atoms. The lowest BCUT2D eigenvalue weighted by molar-refractivity contribution is 0.445. The Hall–Kier alpha value is -2.23. The molecular weight excluding hydrogens is 442 g/mol. The van der Waals surface area contributed by atoms with E-state index in [9.17, 15) is 8.42 Å². The van der Waals surface area contributed by atoms with Crippen molar-refractivity contribution in [3.8, 4) is 11.4 Å². The molecule has 7 nitrogen and oxygen atoms in total. The van der Waals surface area contributed by atoms with Crippen LogP contribution in [0.15, 0.2) is 58.7 Å². The van der Waals surface area contributed by atoms with Gasteiger partial charge < -0.3 is 4.57 Å². The standard InChI is InChI=1S/C23H31N5O2S2/c1-5-27(6-2)32(29,30)21-12-9-10-19(16-21)22-25-26-23(28(22)17-18(3)4)31-15-13-20-11-7-8-14-24-20/h7-12,14,16,18H,5-6,13,15,17H2,1-4H3. The normalized spacial score (nSPS) is 12.1. The van der Waals surface area contributed by atoms with Crippen LogP contribution in [0.2, 0.25) is 0 Å². The molecule has 0 atom stereocenters. The van der Waals surface area contributed by atoms with Crippen molar-refractivity contribution >= 4 is 21.8 Å². The molecule has 1 aromatic carbocycles. The van der Waals surface area contributed by atoms with Gasteiger partial charge in [-0.05, 0) is 36.6 Å². The third kappa shape index (κ3) is 5.76. The first kappa shape index (κ1) is 24.4. The second-order valence-electron chi connectivity index (χ2n) is 7.85. The van der Waals surface area contributed by atoms with E-state index in [4.69, 9.17) is 0 Å². The molecule has 3 rings (SSSR count). The zero-order chi connectivity index (χ0) is 23.1. The quantitative estimate of drug-likeness (QED) is 0.385. The fraction of sp³-hybridized carbons (Fsp3) is 0.435. The van der Waals surface area contributed by atoms with E-state index in [1.54, 1.807) is 36.2 Å². The fourth-order valence-corrected chi connectivity index (χ4v) is 5.85. The van der Waals surface area contributed by atoms with Gasteiger partial charge >= 0.3 is 0 Å². The van der Waals surface area contributed by atoms with Crippen molar-refractivity contribution in [3.63, 3.8) is 0 Å². The molecule has 0 fully saturated rings. The second kappa shape index (κ2) is 11.1. The molecule has 172 valence electrons. The molecule has 2 aromatic heterocycles. The van der Waals surface area contributed by atoms with Gasteiger partial charge in [-0.1, -0.05) is 57.7 Å². The lowest BCUT2D eigenvalue weighted by Crippen LogP contribution is -2.30. The minimum absolute atomic E-state index is 0.280. The van der Waals surface area contributed by atoms with Gasteiger partial charge in [-0.2, -0.15) is 4.31 Å². The molecule has 0 aliphatic carbocycles. The van der Waals surface area contributed by atoms with Crippen LogP contribution in [-0.4, -0.2) is 51.3 Å². The van der Waals surface area contributed by atoms with Gasteiger partial charge in [0, 0.05) is 42.8 Å². The monoisotopic (exact) mass is 473 g/mol. The first-order valence-electron chi connectivity index (χ1n) is 10.9. The first-order valence-corrected chi connectivity index (χ1v) is 13.4. The maximum atomic E-state index is 13.0. The summed E-state index contributed by atoms with van der Waals surface area (Å²) >= 11 is 1.64. The van der Waals surface area contributed by atoms with E-state index in [-0.39, 0.29) is 4.90 Å². The van der Waals surface area contributed by atoms with Crippen molar-refractivity contribution in [2.45, 2.75) is 50.7 Å². The number of hydrogen-bond donors (Lipinski definition) is 0. The van der Waals surface area contributed by atoms with Crippen LogP contribution in [0.25, 0.3) is 11.4 Å². The third-order valence-corrected chi connectivity index (χ3v) is 8.03. The van der Waals surface area contributed by atoms with Gasteiger partial charge in [-0.15, -0.1) is 10.2 Å². The minimum Gasteiger partial charge on any atom is -0.302 e. The molecule has 0 aliphatic rings. The molecule has 9 heteroatoms. The summed E-state index contributed by atoms with van der Waals surface area (Å²) in [4.78, 5) is 4.66. The van der Waals surface area contributed by atoms with Gasteiger partial charge in [-0.3, -0.25) is 4.98 Å². The predicted octanol–water partition coefficient (Wildman–Crippen LogP) is 4.36. The second-order valence-corrected chi connectivity index (χ2v) is 10.8. The molecule has 3 aromatic rings. The highest BCUT2D eigenvalue weighted by Gasteiger charge is 2.23. The Morgan fingerprint density at radius 1 is 1.06 bits per heavy atom. The van der Waals surface area contributed by atoms with E-state index in [1.165, 1.54) is 4.31 Å². The Morgan fingerprint density at radius 3 is 2.50 bits per heavy atom. The first-order chi connectivity index (χ1) is 15.4. The van der Waals surface area contributed by atoms with Crippen LogP contribution < -0.4 is 0 Å². The minimum atomic E-state index is -3.54. The van der Waals surface area contributed by atoms with Crippen molar-refractivity contribution in [1.82, 2.24) is 24.1 Å². The highest BCUT2D eigenvalue weighted by atomic mass is 32.2. The summed E-state index contributed by atoms with van der Waals surface area (Å²) in [6.07, 6.45) is 2.64. The molecule has 0 saturated heterocycles. The number of aromatic nitrogens is 4. The molecule has 2 heterocycles. The topological polar surface area (TPSA) is 81.0 Å². The Bertz CT molecular complexity index is 1110. The Labute approximate surface area is 195 Å². The molecule has 0 N–H and O–H groups in total. The van der Waals surface area contributed by atoms with Crippen LogP contribution in [0.4, 0.5) is 0 Å². The number of benzene rings is 1. The SMILES string of the molecule is CCN(CC)S(=O)(=O)c1cccc(-c2nnc(SCCc3ccccn3)n2CC(C)C)c1. The summed E-state index contributed by atoms with van der Waals surface area (Å²) in [6.45, 7) is 9.60. The molecule has 0 aliphatic heterocycles. The smallest absolute Gasteiger partial charge is 0.243 e. The molecule has 0 unspecified atom stereocenters. The molecule has 0 saturated carbocycles. The average Bonchev–Trinajstić information content (AvgIpc) is 3.17. The summed E-state index contributed by atoms with van der Waals surface area (Å²) in [5, 5.41) is 9.71. The van der Waals surface area contributed by atoms with Crippen molar-refractivity contribution in [2.24, 2.45) is 5.92 Å². The summed E-state index contributed by atoms with van der Waals surface area (Å²) in [7, 11) is -3.54. The van der Waals surface area contributed by atoms with Crippen molar-refractivity contribution in [3.05, 3.63) is 54.4 Å². The van der Waals surface area contributed by atoms with E-state index < -0.39 is 10.0 Å². The number of hydrogen-bond acceptors (Lipinski definition) is 6. The number of pyridine rings is 1. The van der Waals surface area contributed by atoms with Gasteiger partial charge in [0.1, 0.15) is 0 Å². The van der Waals surface area contributed by atoms with E-state index in [0.717, 1.165) is 35.1 Å². The largest absolute Gasteiger partial charge is 0.302 e. The van der Waals surface area contributed by atoms with Gasteiger partial charge in [0.2, 0.25) is 10.0 Å². The van der Waals surface area contributed by atoms with Crippen LogP contribution >= 0.6 is 11.8 Å². The van der Waals surface area contributed by atoms with Crippen LogP contribution in [0.3, 0.4) is 0 Å². The van der Waals surface area contributed by atoms with Gasteiger partial charge in [0.15, 0.2) is 11.0 Å². The molecule has 0 bridgehead atoms. The van der Waals surface area contributed by atoms with E-state index in [1.807, 2.05) is 38.1 Å². The third-order valence-electron chi connectivity index (χ3n) is 5.02. The number of sulfonamides is 1. The molecule has 0 amide bonds. The van der Waals surface area contributed by atoms with Crippen LogP contribution in [0.5, 0.6) is 0 Å². The van der Waals surface area contributed by atoms with Gasteiger partial charge in [0.25, 0.3) is 0 Å². The number of aryl methyl sites for hydroxylation is 1. The summed E-state index contributed by atoms with van der Waals surface area (Å²) in [6, 6.07) is 12.9. The highest BCUT2D eigenvalue weighted by molar-refractivity contribution is 7.99. The fourth-order valence-electron chi connectivity index (χ4n) is 3.44. The zero-order valence-corrected chi connectivity index (χ0v) is 20.7. The van der Waals surface area contributed by atoms with Gasteiger partial charge in [-0.25, -0.2) is 8.42 Å². The maximum absolute atomic E-state index is 13.0. The van der Waals surface area contributed by atoms with E-state index in [2.05, 4.69) is 33.6 Å². The van der Waals surface area contributed by atoms with Crippen molar-refractivity contribution in [2.75, 3.05) is 18.8 Å². The molecule has 32 heavy (non-hydrogen) atoms. The number of nitrogens with zero attached hydrogens (tertiary/aromatic N) is 5. The Balaban J connectivity index is 1.89. The lowest BCUT2D eigenvalue weighted by Gasteiger charge is -2.19. The van der Waals surface area contributed by atoms with Crippen LogP contribution in [-0.2, 0) is 23.0 Å². The van der Waals surface area contributed by atoms with Gasteiger partial charge in [0.05, 0.1) is 4.90 Å². The Morgan fingerprint density at radius 2 is 1.84 bits per heavy atom. The average molecular weight is 474 g/mol. The maximum Gasteiger partial charge on any atom is 0.243 e. The zero-order valence-electron chi connectivity index (χ0n) is 19.1. The van der Waals surface area contributed by atoms with E-state index in [0.29, 0.717) is 24.8 Å². The Kier molecular flexibility index (Phi) is 8.44.